The molecule has 0 spiro atoms. The van der Waals surface area contributed by atoms with Crippen molar-refractivity contribution in [2.24, 2.45) is 5.14 Å². The molecule has 1 heterocycles. The molecule has 0 fully saturated rings. The SMILES string of the molecule is NS(=O)c1c(C(=O)O)[nH]c2ccccc12. The molecule has 0 amide bonds. The first kappa shape index (κ1) is 9.88. The fourth-order valence-corrected chi connectivity index (χ4v) is 2.21. The first-order valence-corrected chi connectivity index (χ1v) is 5.32. The van der Waals surface area contributed by atoms with Crippen LogP contribution in [-0.4, -0.2) is 20.3 Å². The van der Waals surface area contributed by atoms with E-state index in [1.165, 1.54) is 0 Å². The molecule has 1 atom stereocenters. The second-order valence-electron chi connectivity index (χ2n) is 2.98. The Balaban J connectivity index is 2.86. The van der Waals surface area contributed by atoms with Crippen LogP contribution in [0.25, 0.3) is 10.9 Å². The van der Waals surface area contributed by atoms with Crippen LogP contribution in [0.2, 0.25) is 0 Å². The summed E-state index contributed by atoms with van der Waals surface area (Å²) >= 11 is 0. The molecule has 5 nitrogen and oxygen atoms in total. The second kappa shape index (κ2) is 3.48. The van der Waals surface area contributed by atoms with Crippen molar-refractivity contribution >= 4 is 27.9 Å². The summed E-state index contributed by atoms with van der Waals surface area (Å²) < 4.78 is 11.3. The van der Waals surface area contributed by atoms with Crippen LogP contribution in [0, 0.1) is 0 Å². The van der Waals surface area contributed by atoms with E-state index in [-0.39, 0.29) is 10.6 Å². The fraction of sp³-hybridized carbons (Fsp3) is 0. The summed E-state index contributed by atoms with van der Waals surface area (Å²) in [6.07, 6.45) is 0. The maximum atomic E-state index is 11.3. The summed E-state index contributed by atoms with van der Waals surface area (Å²) in [4.78, 5) is 13.7. The van der Waals surface area contributed by atoms with Crippen LogP contribution in [0.3, 0.4) is 0 Å². The number of carboxylic acids is 1. The molecule has 0 aliphatic heterocycles. The maximum absolute atomic E-state index is 11.3. The summed E-state index contributed by atoms with van der Waals surface area (Å²) in [5.74, 6) is -1.17. The number of aromatic carboxylic acids is 1. The van der Waals surface area contributed by atoms with Gasteiger partial charge in [0.05, 0.1) is 4.90 Å². The largest absolute Gasteiger partial charge is 0.477 e. The number of rotatable bonds is 2. The Morgan fingerprint density at radius 2 is 2.07 bits per heavy atom. The number of aromatic amines is 1. The van der Waals surface area contributed by atoms with Gasteiger partial charge >= 0.3 is 5.97 Å². The summed E-state index contributed by atoms with van der Waals surface area (Å²) in [6.45, 7) is 0. The number of aromatic nitrogens is 1. The van der Waals surface area contributed by atoms with Gasteiger partial charge in [-0.15, -0.1) is 0 Å². The normalized spacial score (nSPS) is 12.9. The van der Waals surface area contributed by atoms with Crippen LogP contribution in [0.5, 0.6) is 0 Å². The Morgan fingerprint density at radius 1 is 1.40 bits per heavy atom. The predicted molar refractivity (Wildman–Crippen MR) is 55.9 cm³/mol. The molecule has 0 radical (unpaired) electrons. The predicted octanol–water partition coefficient (Wildman–Crippen LogP) is 0.847. The van der Waals surface area contributed by atoms with E-state index >= 15 is 0 Å². The van der Waals surface area contributed by atoms with E-state index in [0.717, 1.165) is 0 Å². The Hall–Kier alpha value is -1.66. The van der Waals surface area contributed by atoms with E-state index < -0.39 is 17.0 Å². The van der Waals surface area contributed by atoms with Gasteiger partial charge < -0.3 is 10.1 Å². The van der Waals surface area contributed by atoms with Gasteiger partial charge in [-0.25, -0.2) is 14.1 Å². The molecule has 2 aromatic rings. The van der Waals surface area contributed by atoms with Gasteiger partial charge in [0.1, 0.15) is 16.7 Å². The van der Waals surface area contributed by atoms with Crippen molar-refractivity contribution in [2.75, 3.05) is 0 Å². The lowest BCUT2D eigenvalue weighted by Crippen LogP contribution is -2.08. The molecule has 4 N–H and O–H groups in total. The number of carboxylic acid groups (broad SMARTS) is 1. The highest BCUT2D eigenvalue weighted by molar-refractivity contribution is 7.83. The van der Waals surface area contributed by atoms with Crippen molar-refractivity contribution in [3.63, 3.8) is 0 Å². The molecule has 1 aromatic heterocycles. The van der Waals surface area contributed by atoms with E-state index in [9.17, 15) is 9.00 Å². The first-order valence-electron chi connectivity index (χ1n) is 4.11. The third-order valence-electron chi connectivity index (χ3n) is 2.07. The van der Waals surface area contributed by atoms with Crippen molar-refractivity contribution in [1.29, 1.82) is 0 Å². The molecule has 78 valence electrons. The number of H-pyrrole nitrogens is 1. The number of carbonyl (C=O) groups is 1. The standard InChI is InChI=1S/C9H8N2O3S/c10-15(14)8-5-3-1-2-4-6(5)11-7(8)9(12)13/h1-4,11H,10H2,(H,12,13). The topological polar surface area (TPSA) is 96.2 Å². The molecule has 1 unspecified atom stereocenters. The molecule has 0 saturated carbocycles. The van der Waals surface area contributed by atoms with Crippen LogP contribution in [0.4, 0.5) is 0 Å². The number of fused-ring (bicyclic) bond motifs is 1. The van der Waals surface area contributed by atoms with Gasteiger partial charge in [0, 0.05) is 10.9 Å². The summed E-state index contributed by atoms with van der Waals surface area (Å²) in [7, 11) is -1.82. The summed E-state index contributed by atoms with van der Waals surface area (Å²) in [6, 6.07) is 6.88. The number of benzene rings is 1. The summed E-state index contributed by atoms with van der Waals surface area (Å²) in [5, 5.41) is 14.7. The van der Waals surface area contributed by atoms with Crippen molar-refractivity contribution in [2.45, 2.75) is 4.90 Å². The third-order valence-corrected chi connectivity index (χ3v) is 2.90. The molecular weight excluding hydrogens is 216 g/mol. The minimum absolute atomic E-state index is 0.114. The van der Waals surface area contributed by atoms with E-state index in [1.54, 1.807) is 24.3 Å². The number of nitrogens with two attached hydrogens (primary N) is 1. The lowest BCUT2D eigenvalue weighted by Gasteiger charge is -1.94. The van der Waals surface area contributed by atoms with E-state index in [4.69, 9.17) is 10.2 Å². The average molecular weight is 224 g/mol. The molecule has 15 heavy (non-hydrogen) atoms. The number of nitrogens with one attached hydrogen (secondary N) is 1. The van der Waals surface area contributed by atoms with Gasteiger partial charge in [-0.1, -0.05) is 18.2 Å². The van der Waals surface area contributed by atoms with Crippen LogP contribution in [0.1, 0.15) is 10.5 Å². The Kier molecular flexibility index (Phi) is 2.29. The van der Waals surface area contributed by atoms with Crippen molar-refractivity contribution in [3.8, 4) is 0 Å². The quantitative estimate of drug-likeness (QED) is 0.705. The highest BCUT2D eigenvalue weighted by Gasteiger charge is 2.19. The zero-order valence-corrected chi connectivity index (χ0v) is 8.38. The molecular formula is C9H8N2O3S. The van der Waals surface area contributed by atoms with Gasteiger partial charge in [-0.3, -0.25) is 0 Å². The zero-order valence-electron chi connectivity index (χ0n) is 7.56. The smallest absolute Gasteiger partial charge is 0.353 e. The Bertz CT molecular complexity index is 561. The monoisotopic (exact) mass is 224 g/mol. The van der Waals surface area contributed by atoms with Crippen LogP contribution < -0.4 is 5.14 Å². The summed E-state index contributed by atoms with van der Waals surface area (Å²) in [5.41, 5.74) is 0.501. The molecule has 6 heteroatoms. The number of hydrogen-bond acceptors (Lipinski definition) is 2. The lowest BCUT2D eigenvalue weighted by atomic mass is 10.2. The Morgan fingerprint density at radius 3 is 2.67 bits per heavy atom. The Labute approximate surface area is 87.5 Å². The third kappa shape index (κ3) is 1.53. The molecule has 2 rings (SSSR count). The average Bonchev–Trinajstić information content (AvgIpc) is 2.56. The lowest BCUT2D eigenvalue weighted by molar-refractivity contribution is 0.0687. The second-order valence-corrected chi connectivity index (χ2v) is 3.98. The van der Waals surface area contributed by atoms with Gasteiger partial charge in [0.15, 0.2) is 0 Å². The van der Waals surface area contributed by atoms with E-state index in [0.29, 0.717) is 10.9 Å². The molecule has 0 bridgehead atoms. The van der Waals surface area contributed by atoms with Crippen LogP contribution in [0.15, 0.2) is 29.2 Å². The van der Waals surface area contributed by atoms with Crippen molar-refractivity contribution in [3.05, 3.63) is 30.0 Å². The van der Waals surface area contributed by atoms with E-state index in [2.05, 4.69) is 4.98 Å². The molecule has 0 aliphatic rings. The van der Waals surface area contributed by atoms with Gasteiger partial charge in [0.25, 0.3) is 0 Å². The molecule has 0 saturated heterocycles. The van der Waals surface area contributed by atoms with Crippen molar-refractivity contribution < 1.29 is 14.1 Å². The number of hydrogen-bond donors (Lipinski definition) is 3. The maximum Gasteiger partial charge on any atom is 0.353 e. The highest BCUT2D eigenvalue weighted by atomic mass is 32.2. The first-order chi connectivity index (χ1) is 7.11. The number of para-hydroxylation sites is 1. The van der Waals surface area contributed by atoms with Crippen LogP contribution >= 0.6 is 0 Å². The fourth-order valence-electron chi connectivity index (χ4n) is 1.48. The molecule has 1 aromatic carbocycles. The van der Waals surface area contributed by atoms with E-state index in [1.807, 2.05) is 0 Å². The minimum atomic E-state index is -1.82. The highest BCUT2D eigenvalue weighted by Crippen LogP contribution is 2.24. The van der Waals surface area contributed by atoms with Gasteiger partial charge in [0.2, 0.25) is 0 Å². The van der Waals surface area contributed by atoms with Crippen molar-refractivity contribution in [1.82, 2.24) is 4.98 Å². The van der Waals surface area contributed by atoms with Gasteiger partial charge in [-0.05, 0) is 6.07 Å². The molecule has 0 aliphatic carbocycles. The minimum Gasteiger partial charge on any atom is -0.477 e. The zero-order chi connectivity index (χ0) is 11.0. The van der Waals surface area contributed by atoms with Crippen LogP contribution in [-0.2, 0) is 11.0 Å². The van der Waals surface area contributed by atoms with Gasteiger partial charge in [-0.2, -0.15) is 0 Å².